The number of nitriles is 3. The monoisotopic (exact) mass is 1890 g/mol. The van der Waals surface area contributed by atoms with E-state index in [0.29, 0.717) is 118 Å². The van der Waals surface area contributed by atoms with Gasteiger partial charge in [0.2, 0.25) is 0 Å². The molecule has 8 atom stereocenters. The second kappa shape index (κ2) is 37.8. The van der Waals surface area contributed by atoms with Crippen molar-refractivity contribution >= 4 is 100 Å². The van der Waals surface area contributed by atoms with Gasteiger partial charge >= 0.3 is 24.2 Å². The Morgan fingerprint density at radius 1 is 0.433 bits per heavy atom. The van der Waals surface area contributed by atoms with Crippen LogP contribution in [0.15, 0.2) is 139 Å². The maximum Gasteiger partial charge on any atom is 0.417 e. The minimum Gasteiger partial charge on any atom is -0.462 e. The lowest BCUT2D eigenvalue weighted by Crippen LogP contribution is -2.55. The van der Waals surface area contributed by atoms with E-state index in [-0.39, 0.29) is 158 Å². The third-order valence-electron chi connectivity index (χ3n) is 29.2. The highest BCUT2D eigenvalue weighted by molar-refractivity contribution is 9.10. The number of ether oxygens (including phenoxy) is 3. The predicted octanol–water partition coefficient (Wildman–Crippen LogP) is 14.3. The van der Waals surface area contributed by atoms with Crippen molar-refractivity contribution in [3.8, 4) is 36.2 Å². The largest absolute Gasteiger partial charge is 0.462 e. The van der Waals surface area contributed by atoms with Crippen molar-refractivity contribution in [2.75, 3.05) is 169 Å². The summed E-state index contributed by atoms with van der Waals surface area (Å²) in [5.74, 6) is -3.87. The van der Waals surface area contributed by atoms with Crippen LogP contribution in [0.1, 0.15) is 132 Å². The number of amides is 3. The third kappa shape index (κ3) is 18.1. The molecule has 0 N–H and O–H groups in total. The van der Waals surface area contributed by atoms with Crippen molar-refractivity contribution < 1.29 is 54.9 Å². The smallest absolute Gasteiger partial charge is 0.417 e. The Hall–Kier alpha value is -12.4. The summed E-state index contributed by atoms with van der Waals surface area (Å²) in [6.07, 6.45) is 1.93. The zero-order chi connectivity index (χ0) is 93.2. The van der Waals surface area contributed by atoms with Crippen molar-refractivity contribution in [2.45, 2.75) is 157 Å². The van der Waals surface area contributed by atoms with Crippen LogP contribution in [0.4, 0.5) is 60.9 Å². The minimum atomic E-state index is -4.75. The highest BCUT2D eigenvalue weighted by Crippen LogP contribution is 2.50. The Kier molecular flexibility index (Phi) is 25.6. The number of halogens is 7. The van der Waals surface area contributed by atoms with Gasteiger partial charge in [-0.15, -0.1) is 0 Å². The number of likely N-dealkylation sites (N-methyl/N-ethyl adjacent to an activating group) is 3. The molecule has 3 amide bonds. The number of likely N-dealkylation sites (tertiary alicyclic amines) is 3. The maximum absolute atomic E-state index is 15.8. The summed E-state index contributed by atoms with van der Waals surface area (Å²) in [7, 11) is 6.17. The zero-order valence-corrected chi connectivity index (χ0v) is 77.0. The van der Waals surface area contributed by atoms with Crippen LogP contribution in [0, 0.1) is 34.0 Å². The van der Waals surface area contributed by atoms with Gasteiger partial charge in [0.25, 0.3) is 17.7 Å². The number of benzene rings is 6. The van der Waals surface area contributed by atoms with Crippen molar-refractivity contribution in [2.24, 2.45) is 0 Å². The topological polar surface area (TPSA) is 266 Å². The first-order valence-electron chi connectivity index (χ1n) is 46.4. The number of aromatic nitrogens is 6. The van der Waals surface area contributed by atoms with Gasteiger partial charge in [-0.3, -0.25) is 24.2 Å². The Labute approximate surface area is 782 Å². The van der Waals surface area contributed by atoms with E-state index >= 15 is 13.2 Å². The molecule has 19 rings (SSSR count). The molecule has 6 saturated heterocycles. The number of piperazine rings is 3. The first kappa shape index (κ1) is 90.7. The first-order valence-corrected chi connectivity index (χ1v) is 47.1. The number of fused-ring (bicyclic) bond motifs is 6. The number of carbonyl (C=O) groups excluding carboxylic acids is 3. The van der Waals surface area contributed by atoms with Crippen LogP contribution in [0.2, 0.25) is 0 Å². The molecular weight excluding hydrogens is 1790 g/mol. The molecular formula is C100H106BrF6N21O6. The van der Waals surface area contributed by atoms with E-state index in [2.05, 4.69) is 146 Å². The van der Waals surface area contributed by atoms with E-state index in [9.17, 15) is 43.3 Å². The fourth-order valence-corrected chi connectivity index (χ4v) is 22.7. The van der Waals surface area contributed by atoms with Gasteiger partial charge in [0, 0.05) is 164 Å². The molecule has 0 bridgehead atoms. The Morgan fingerprint density at radius 3 is 1.25 bits per heavy atom. The van der Waals surface area contributed by atoms with Crippen molar-refractivity contribution in [3.05, 3.63) is 195 Å². The molecule has 2 unspecified atom stereocenters. The summed E-state index contributed by atoms with van der Waals surface area (Å²) in [6.45, 7) is 16.8. The van der Waals surface area contributed by atoms with Gasteiger partial charge in [-0.1, -0.05) is 102 Å². The Morgan fingerprint density at radius 2 is 0.836 bits per heavy atom. The second-order valence-corrected chi connectivity index (χ2v) is 38.3. The van der Waals surface area contributed by atoms with Gasteiger partial charge in [0.05, 0.1) is 97.9 Å². The fraction of sp³-hybridized carbons (Fsp3) is 0.460. The minimum absolute atomic E-state index is 0.00709. The van der Waals surface area contributed by atoms with Gasteiger partial charge in [0.15, 0.2) is 17.5 Å². The molecule has 34 heteroatoms. The summed E-state index contributed by atoms with van der Waals surface area (Å²) in [4.78, 5) is 94.4. The molecule has 27 nitrogen and oxygen atoms in total. The SMILES string of the molecule is C=C(F)C(=O)N1CCN(c2nc(OC[C@@H]3CC(c4cc(N5CCc6c(nc(OC[C@@H]7CC(c8cc(N9CCc%10c(nc(OC[C@@H]%11CCCN%11C)nc%10N%10CCN(C(=O)C(=C)F)[C@@H](CC#N)C%10)C9)c9c(C%10CC%10)cccc9c8)CN7C)nc6N6CCN(C(=O)C(=C)F)[C@@H](CC#N)C6)C5)c5c(C(F)(F)F)cccc5c4)CN3C)nc3c2CCN(c2cccc4cccc(Br)c24)C3)C[C@@H]1CC#N. The lowest BCUT2D eigenvalue weighted by atomic mass is 9.90. The van der Waals surface area contributed by atoms with E-state index in [1.807, 2.05) is 52.1 Å². The van der Waals surface area contributed by atoms with E-state index in [1.165, 1.54) is 31.7 Å². The quantitative estimate of drug-likeness (QED) is 0.0402. The van der Waals surface area contributed by atoms with Crippen LogP contribution in [-0.4, -0.2) is 252 Å². The molecule has 7 fully saturated rings. The molecule has 1 saturated carbocycles. The number of nitrogens with zero attached hydrogens (tertiary/aromatic N) is 21. The molecule has 0 spiro atoms. The third-order valence-corrected chi connectivity index (χ3v) is 29.9. The predicted molar refractivity (Wildman–Crippen MR) is 501 cm³/mol. The summed E-state index contributed by atoms with van der Waals surface area (Å²) in [5.41, 5.74) is 9.65. The average molecular weight is 1890 g/mol. The van der Waals surface area contributed by atoms with Crippen LogP contribution in [0.25, 0.3) is 32.3 Å². The summed E-state index contributed by atoms with van der Waals surface area (Å²) < 4.78 is 112. The second-order valence-electron chi connectivity index (χ2n) is 37.5. The summed E-state index contributed by atoms with van der Waals surface area (Å²) >= 11 is 3.81. The van der Waals surface area contributed by atoms with Crippen LogP contribution in [-0.2, 0) is 59.5 Å². The molecule has 3 aromatic heterocycles. The fourth-order valence-electron chi connectivity index (χ4n) is 22.1. The average Bonchev–Trinajstić information content (AvgIpc) is 1.23. The van der Waals surface area contributed by atoms with Crippen LogP contribution in [0.5, 0.6) is 18.0 Å². The highest BCUT2D eigenvalue weighted by atomic mass is 79.9. The summed E-state index contributed by atoms with van der Waals surface area (Å²) in [6, 6.07) is 36.5. The molecule has 1 aliphatic carbocycles. The maximum atomic E-state index is 15.8. The van der Waals surface area contributed by atoms with Crippen molar-refractivity contribution in [3.63, 3.8) is 0 Å². The lowest BCUT2D eigenvalue weighted by molar-refractivity contribution is -0.136. The molecule has 9 aromatic rings. The molecule has 9 aliphatic heterocycles. The zero-order valence-electron chi connectivity index (χ0n) is 75.4. The van der Waals surface area contributed by atoms with E-state index < -0.39 is 65.1 Å². The normalized spacial score (nSPS) is 22.4. The number of hydrogen-bond donors (Lipinski definition) is 0. The van der Waals surface area contributed by atoms with Gasteiger partial charge in [-0.2, -0.15) is 58.9 Å². The van der Waals surface area contributed by atoms with Crippen molar-refractivity contribution in [1.29, 1.82) is 15.8 Å². The summed E-state index contributed by atoms with van der Waals surface area (Å²) in [5, 5.41) is 35.1. The van der Waals surface area contributed by atoms with Gasteiger partial charge in [-0.05, 0) is 166 Å². The van der Waals surface area contributed by atoms with Crippen LogP contribution in [0.3, 0.4) is 0 Å². The van der Waals surface area contributed by atoms with Gasteiger partial charge < -0.3 is 63.2 Å². The lowest BCUT2D eigenvalue weighted by Gasteiger charge is -2.42. The standard InChI is InChI=1S/C100H106BrF6N21O6/c1-59(102)94(129)126-39-36-123(50-70(126)23-29-108)91-77-26-33-120(85-20-10-13-63-12-9-19-81(101)90(63)85)53-82(77)111-98(115-91)133-58-75-45-69(49-119(75)6)67-43-65-15-8-18-80(100(105,106)107)89(65)87(47-67)122-35-28-79-84(55-122)113-99(116-93(79)125-38-41-128(96(131)61(3)104)72(52-125)25-31-110)134-57-74-44-68(48-118(74)5)66-42-64-14-7-17-76(62-21-22-62)88(64)86(46-66)121-34-27-78-83(54-121)112-97(132-56-73-16-11-32-117(73)4)114-92(78)124-37-40-127(95(130)60(2)103)71(51-124)24-30-109/h7-10,12-15,17-20,42-43,46-47,62,68-75H,1-3,11,16,21-28,32-41,44-45,48-58H2,4-6H3/t68?,69?,70-,71-,72-,73-,74-,75-/m0/s1. The number of anilines is 6. The van der Waals surface area contributed by atoms with Crippen LogP contribution < -0.4 is 43.6 Å². The Bertz CT molecular complexity index is 6300. The van der Waals surface area contributed by atoms with E-state index in [0.717, 1.165) is 110 Å². The first-order chi connectivity index (χ1) is 64.7. The molecule has 6 aromatic carbocycles. The number of rotatable bonds is 24. The molecule has 696 valence electrons. The van der Waals surface area contributed by atoms with Gasteiger partial charge in [-0.25, -0.2) is 13.2 Å². The molecule has 0 radical (unpaired) electrons. The highest BCUT2D eigenvalue weighted by Gasteiger charge is 2.44. The van der Waals surface area contributed by atoms with Crippen LogP contribution >= 0.6 is 15.9 Å². The van der Waals surface area contributed by atoms with E-state index in [4.69, 9.17) is 44.1 Å². The molecule has 134 heavy (non-hydrogen) atoms. The number of carbonyl (C=O) groups is 3. The number of hydrogen-bond acceptors (Lipinski definition) is 24. The van der Waals surface area contributed by atoms with E-state index in [1.54, 1.807) is 6.07 Å². The molecule has 10 aliphatic rings. The van der Waals surface area contributed by atoms with Gasteiger partial charge in [0.1, 0.15) is 37.3 Å². The van der Waals surface area contributed by atoms with Crippen molar-refractivity contribution in [1.82, 2.24) is 59.3 Å². The number of alkyl halides is 3. The Balaban J connectivity index is 0.606. The molecule has 12 heterocycles.